The van der Waals surface area contributed by atoms with Gasteiger partial charge in [0.1, 0.15) is 18.6 Å². The van der Waals surface area contributed by atoms with E-state index in [1.165, 1.54) is 28.5 Å². The third kappa shape index (κ3) is 3.40. The fourth-order valence-electron chi connectivity index (χ4n) is 4.37. The molecule has 0 N–H and O–H groups in total. The van der Waals surface area contributed by atoms with Crippen LogP contribution in [0.15, 0.2) is 31.0 Å². The van der Waals surface area contributed by atoms with Crippen LogP contribution in [0.2, 0.25) is 0 Å². The van der Waals surface area contributed by atoms with E-state index in [-0.39, 0.29) is 27.5 Å². The summed E-state index contributed by atoms with van der Waals surface area (Å²) in [4.78, 5) is 42.4. The molecule has 3 aromatic heterocycles. The number of rotatable bonds is 5. The zero-order chi connectivity index (χ0) is 22.2. The summed E-state index contributed by atoms with van der Waals surface area (Å²) in [5.41, 5.74) is 2.20. The molecule has 0 unspecified atom stereocenters. The molecule has 0 atom stereocenters. The van der Waals surface area contributed by atoms with Gasteiger partial charge in [0.05, 0.1) is 10.8 Å². The number of hydrogen-bond acceptors (Lipinski definition) is 9. The molecule has 4 heterocycles. The lowest BCUT2D eigenvalue weighted by molar-refractivity contribution is -0.672. The van der Waals surface area contributed by atoms with Gasteiger partial charge in [-0.3, -0.25) is 19.5 Å². The lowest BCUT2D eigenvalue weighted by Gasteiger charge is -2.36. The number of aromatic nitrogens is 6. The number of carbonyl (C=O) groups is 2. The van der Waals surface area contributed by atoms with Crippen LogP contribution < -0.4 is 9.75 Å². The maximum atomic E-state index is 12.9. The van der Waals surface area contributed by atoms with Crippen LogP contribution >= 0.6 is 0 Å². The third-order valence-electron chi connectivity index (χ3n) is 6.01. The fraction of sp³-hybridized carbons (Fsp3) is 0.381. The molecule has 5 rings (SSSR count). The Bertz CT molecular complexity index is 1200. The van der Waals surface area contributed by atoms with E-state index >= 15 is 0 Å². The maximum absolute atomic E-state index is 12.9. The predicted octanol–water partition coefficient (Wildman–Crippen LogP) is -0.00238. The van der Waals surface area contributed by atoms with Gasteiger partial charge in [0.15, 0.2) is 0 Å². The third-order valence-corrected chi connectivity index (χ3v) is 6.01. The molecule has 2 aliphatic rings. The van der Waals surface area contributed by atoms with Crippen molar-refractivity contribution in [2.75, 3.05) is 37.6 Å². The molecule has 32 heavy (non-hydrogen) atoms. The first kappa shape index (κ1) is 20.2. The van der Waals surface area contributed by atoms with E-state index in [0.29, 0.717) is 13.0 Å². The van der Waals surface area contributed by atoms with E-state index in [0.717, 1.165) is 32.7 Å². The van der Waals surface area contributed by atoms with Crippen molar-refractivity contribution in [2.45, 2.75) is 19.9 Å². The van der Waals surface area contributed by atoms with Crippen LogP contribution in [0.3, 0.4) is 0 Å². The summed E-state index contributed by atoms with van der Waals surface area (Å²) in [5.74, 6) is -1.04. The number of carbonyl (C=O) groups excluding carboxylic acids is 2. The molecule has 11 nitrogen and oxygen atoms in total. The molecule has 0 spiro atoms. The zero-order valence-corrected chi connectivity index (χ0v) is 17.6. The van der Waals surface area contributed by atoms with Crippen molar-refractivity contribution in [1.29, 1.82) is 0 Å². The van der Waals surface area contributed by atoms with Crippen molar-refractivity contribution in [3.63, 3.8) is 0 Å². The summed E-state index contributed by atoms with van der Waals surface area (Å²) in [6.45, 7) is 6.92. The minimum atomic E-state index is -0.570. The molecule has 0 radical (unpaired) electrons. The average molecular weight is 434 g/mol. The molecule has 0 aromatic carbocycles. The number of aryl methyl sites for hydroxylation is 2. The fourth-order valence-corrected chi connectivity index (χ4v) is 4.37. The van der Waals surface area contributed by atoms with Crippen molar-refractivity contribution in [3.05, 3.63) is 64.4 Å². The second-order valence-corrected chi connectivity index (χ2v) is 7.97. The summed E-state index contributed by atoms with van der Waals surface area (Å²) < 4.78 is 1.34. The van der Waals surface area contributed by atoms with E-state index in [1.54, 1.807) is 0 Å². The molecular formula is C21H22N8O3. The molecule has 3 aromatic rings. The van der Waals surface area contributed by atoms with Gasteiger partial charge in [-0.2, -0.15) is 0 Å². The highest BCUT2D eigenvalue weighted by Crippen LogP contribution is 2.23. The van der Waals surface area contributed by atoms with E-state index < -0.39 is 11.6 Å². The van der Waals surface area contributed by atoms with Gasteiger partial charge < -0.3 is 10.1 Å². The Morgan fingerprint density at radius 1 is 1.06 bits per heavy atom. The summed E-state index contributed by atoms with van der Waals surface area (Å²) in [5, 5.41) is 16.1. The van der Waals surface area contributed by atoms with Crippen LogP contribution in [0.5, 0.6) is 0 Å². The van der Waals surface area contributed by atoms with Crippen LogP contribution in [0.1, 0.15) is 44.2 Å². The quantitative estimate of drug-likeness (QED) is 0.315. The van der Waals surface area contributed by atoms with Gasteiger partial charge >= 0.3 is 0 Å². The van der Waals surface area contributed by atoms with Crippen LogP contribution in [0.4, 0.5) is 5.69 Å². The van der Waals surface area contributed by atoms with Crippen LogP contribution in [-0.2, 0) is 6.54 Å². The minimum Gasteiger partial charge on any atom is -0.691 e. The van der Waals surface area contributed by atoms with Gasteiger partial charge in [0, 0.05) is 63.4 Å². The van der Waals surface area contributed by atoms with Crippen molar-refractivity contribution in [2.24, 2.45) is 0 Å². The summed E-state index contributed by atoms with van der Waals surface area (Å²) in [7, 11) is 0. The summed E-state index contributed by atoms with van der Waals surface area (Å²) in [6, 6.07) is 2.05. The van der Waals surface area contributed by atoms with Crippen LogP contribution in [0, 0.1) is 12.1 Å². The molecule has 1 aliphatic carbocycles. The largest absolute Gasteiger partial charge is 0.691 e. The lowest BCUT2D eigenvalue weighted by Crippen LogP contribution is -2.47. The summed E-state index contributed by atoms with van der Waals surface area (Å²) >= 11 is 0. The van der Waals surface area contributed by atoms with Gasteiger partial charge in [-0.25, -0.2) is 9.97 Å². The number of pyridine rings is 1. The second kappa shape index (κ2) is 8.08. The van der Waals surface area contributed by atoms with E-state index in [1.807, 2.05) is 18.5 Å². The minimum absolute atomic E-state index is 0.00850. The number of anilines is 1. The van der Waals surface area contributed by atoms with Crippen LogP contribution in [0.25, 0.3) is 0 Å². The average Bonchev–Trinajstić information content (AvgIpc) is 3.15. The highest BCUT2D eigenvalue weighted by atomic mass is 16.5. The molecule has 164 valence electrons. The van der Waals surface area contributed by atoms with Crippen molar-refractivity contribution >= 4 is 17.3 Å². The Kier molecular flexibility index (Phi) is 5.10. The molecule has 0 saturated carbocycles. The van der Waals surface area contributed by atoms with Gasteiger partial charge in [-0.1, -0.05) is 0 Å². The van der Waals surface area contributed by atoms with E-state index in [2.05, 4.69) is 36.9 Å². The normalized spacial score (nSPS) is 16.2. The second-order valence-electron chi connectivity index (χ2n) is 7.97. The van der Waals surface area contributed by atoms with Crippen LogP contribution in [-0.4, -0.2) is 74.0 Å². The molecule has 0 bridgehead atoms. The van der Waals surface area contributed by atoms with Crippen molar-refractivity contribution in [1.82, 2.24) is 29.7 Å². The topological polar surface area (TPSA) is 124 Å². The Balaban J connectivity index is 1.22. The van der Waals surface area contributed by atoms with E-state index in [9.17, 15) is 14.8 Å². The Hall–Kier alpha value is -3.73. The van der Waals surface area contributed by atoms with Gasteiger partial charge in [-0.15, -0.1) is 9.53 Å². The smallest absolute Gasteiger partial charge is 0.258 e. The monoisotopic (exact) mass is 434 g/mol. The first-order valence-electron chi connectivity index (χ1n) is 10.5. The first-order valence-corrected chi connectivity index (χ1v) is 10.5. The van der Waals surface area contributed by atoms with Gasteiger partial charge in [0.25, 0.3) is 17.2 Å². The van der Waals surface area contributed by atoms with Gasteiger partial charge in [-0.05, 0) is 18.6 Å². The zero-order valence-electron chi connectivity index (χ0n) is 17.6. The molecule has 1 saturated heterocycles. The first-order chi connectivity index (χ1) is 15.5. The van der Waals surface area contributed by atoms with Crippen molar-refractivity contribution < 1.29 is 14.4 Å². The maximum Gasteiger partial charge on any atom is 0.258 e. The Morgan fingerprint density at radius 3 is 2.66 bits per heavy atom. The number of piperazine rings is 1. The van der Waals surface area contributed by atoms with Gasteiger partial charge in [0.2, 0.25) is 5.78 Å². The Morgan fingerprint density at radius 2 is 1.88 bits per heavy atom. The molecule has 0 amide bonds. The predicted molar refractivity (Wildman–Crippen MR) is 112 cm³/mol. The van der Waals surface area contributed by atoms with E-state index in [4.69, 9.17) is 0 Å². The molecular weight excluding hydrogens is 412 g/mol. The Labute approximate surface area is 183 Å². The molecule has 1 aliphatic heterocycles. The number of nitrogens with zero attached hydrogens (tertiary/aromatic N) is 8. The molecule has 11 heteroatoms. The summed E-state index contributed by atoms with van der Waals surface area (Å²) in [6.07, 6.45) is 6.87. The highest BCUT2D eigenvalue weighted by Gasteiger charge is 2.42. The SMILES string of the molecule is Cc1cnccc1N1CCN(CCCn2n[n+]([O-])c3c2C(=O)c2ncncc2C3=O)CC1. The number of hydrogen-bond donors (Lipinski definition) is 0. The number of fused-ring (bicyclic) bond motifs is 2. The molecule has 1 fully saturated rings. The van der Waals surface area contributed by atoms with Crippen molar-refractivity contribution in [3.8, 4) is 0 Å². The standard InChI is InChI=1S/C21H22N8O3/c1-14-11-22-4-3-16(14)27-9-7-26(8-10-27)5-2-6-28-18-19(29(32)25-28)20(30)15-12-23-13-24-17(15)21(18)31/h3-4,11-13H,2,5-10H2,1H3. The number of ketones is 2. The lowest BCUT2D eigenvalue weighted by atomic mass is 9.95. The highest BCUT2D eigenvalue weighted by molar-refractivity contribution is 6.25.